The molecule has 0 saturated carbocycles. The second kappa shape index (κ2) is 5.31. The fourth-order valence-corrected chi connectivity index (χ4v) is 2.10. The van der Waals surface area contributed by atoms with Crippen LogP contribution in [0, 0.1) is 0 Å². The fourth-order valence-electron chi connectivity index (χ4n) is 2.10. The monoisotopic (exact) mass is 281 g/mol. The Morgan fingerprint density at radius 2 is 2.20 bits per heavy atom. The Morgan fingerprint density at radius 1 is 1.50 bits per heavy atom. The van der Waals surface area contributed by atoms with Crippen LogP contribution in [0.1, 0.15) is 37.9 Å². The number of hydrogen-bond acceptors (Lipinski definition) is 3. The molecule has 0 N–H and O–H groups in total. The van der Waals surface area contributed by atoms with Gasteiger partial charge in [-0.3, -0.25) is 0 Å². The molecule has 0 radical (unpaired) electrons. The van der Waals surface area contributed by atoms with E-state index in [-0.39, 0.29) is 6.04 Å². The van der Waals surface area contributed by atoms with E-state index in [1.165, 1.54) is 4.90 Å². The lowest BCUT2D eigenvalue weighted by Crippen LogP contribution is -2.37. The quantitative estimate of drug-likeness (QED) is 0.833. The molecule has 1 heterocycles. The van der Waals surface area contributed by atoms with Crippen LogP contribution in [0.25, 0.3) is 0 Å². The average Bonchev–Trinajstić information content (AvgIpc) is 2.78. The van der Waals surface area contributed by atoms with Gasteiger partial charge in [0, 0.05) is 12.6 Å². The lowest BCUT2D eigenvalue weighted by Gasteiger charge is -2.28. The molecule has 20 heavy (non-hydrogen) atoms. The molecule has 1 aliphatic rings. The lowest BCUT2D eigenvalue weighted by atomic mass is 10.1. The smallest absolute Gasteiger partial charge is 0.410 e. The summed E-state index contributed by atoms with van der Waals surface area (Å²) in [4.78, 5) is 13.6. The standard InChI is InChI=1S/C15H20FNO3/c1-15(2,3)20-14(18)17(4)12-9-19-13-7-10(8-16)5-6-11(12)13/h5-7,12H,8-9H2,1-4H3/t12-/m1/s1. The van der Waals surface area contributed by atoms with Crippen molar-refractivity contribution in [3.8, 4) is 5.75 Å². The molecule has 4 nitrogen and oxygen atoms in total. The molecule has 0 spiro atoms. The number of halogens is 1. The van der Waals surface area contributed by atoms with Crippen LogP contribution in [0.2, 0.25) is 0 Å². The molecule has 1 aliphatic heterocycles. The maximum absolute atomic E-state index is 12.6. The zero-order chi connectivity index (χ0) is 14.9. The van der Waals surface area contributed by atoms with Gasteiger partial charge in [0.25, 0.3) is 0 Å². The number of rotatable bonds is 2. The Kier molecular flexibility index (Phi) is 3.88. The van der Waals surface area contributed by atoms with E-state index < -0.39 is 18.4 Å². The second-order valence-electron chi connectivity index (χ2n) is 5.92. The third kappa shape index (κ3) is 3.03. The highest BCUT2D eigenvalue weighted by Gasteiger charge is 2.32. The van der Waals surface area contributed by atoms with E-state index in [4.69, 9.17) is 9.47 Å². The normalized spacial score (nSPS) is 17.4. The third-order valence-electron chi connectivity index (χ3n) is 3.14. The van der Waals surface area contributed by atoms with E-state index in [0.717, 1.165) is 5.56 Å². The topological polar surface area (TPSA) is 38.8 Å². The Balaban J connectivity index is 2.15. The van der Waals surface area contributed by atoms with E-state index in [9.17, 15) is 9.18 Å². The molecule has 0 saturated heterocycles. The summed E-state index contributed by atoms with van der Waals surface area (Å²) in [6.07, 6.45) is -0.395. The van der Waals surface area contributed by atoms with E-state index in [0.29, 0.717) is 17.9 Å². The molecule has 1 atom stereocenters. The minimum absolute atomic E-state index is 0.200. The van der Waals surface area contributed by atoms with Gasteiger partial charge in [-0.15, -0.1) is 0 Å². The number of ether oxygens (including phenoxy) is 2. The number of amides is 1. The van der Waals surface area contributed by atoms with Crippen LogP contribution in [0.4, 0.5) is 9.18 Å². The summed E-state index contributed by atoms with van der Waals surface area (Å²) in [5.41, 5.74) is 0.922. The number of hydrogen-bond donors (Lipinski definition) is 0. The molecule has 1 aromatic carbocycles. The van der Waals surface area contributed by atoms with Crippen LogP contribution in [0.15, 0.2) is 18.2 Å². The number of carbonyl (C=O) groups is 1. The van der Waals surface area contributed by atoms with Crippen molar-refractivity contribution in [3.63, 3.8) is 0 Å². The van der Waals surface area contributed by atoms with Crippen LogP contribution >= 0.6 is 0 Å². The van der Waals surface area contributed by atoms with Crippen LogP contribution in [-0.4, -0.2) is 30.2 Å². The zero-order valence-electron chi connectivity index (χ0n) is 12.3. The van der Waals surface area contributed by atoms with Gasteiger partial charge in [0.05, 0.1) is 6.04 Å². The molecule has 0 aromatic heterocycles. The van der Waals surface area contributed by atoms with Crippen molar-refractivity contribution in [1.82, 2.24) is 4.90 Å². The molecule has 5 heteroatoms. The van der Waals surface area contributed by atoms with Gasteiger partial charge < -0.3 is 14.4 Å². The van der Waals surface area contributed by atoms with Crippen LogP contribution < -0.4 is 4.74 Å². The first-order valence-electron chi connectivity index (χ1n) is 6.59. The van der Waals surface area contributed by atoms with Gasteiger partial charge >= 0.3 is 6.09 Å². The average molecular weight is 281 g/mol. The number of benzene rings is 1. The van der Waals surface area contributed by atoms with Gasteiger partial charge in [-0.05, 0) is 32.4 Å². The van der Waals surface area contributed by atoms with Gasteiger partial charge in [0.1, 0.15) is 24.6 Å². The summed E-state index contributed by atoms with van der Waals surface area (Å²) in [6, 6.07) is 5.00. The lowest BCUT2D eigenvalue weighted by molar-refractivity contribution is 0.0201. The number of fused-ring (bicyclic) bond motifs is 1. The number of nitrogens with zero attached hydrogens (tertiary/aromatic N) is 1. The van der Waals surface area contributed by atoms with Crippen LogP contribution in [-0.2, 0) is 11.4 Å². The molecule has 0 fully saturated rings. The van der Waals surface area contributed by atoms with E-state index >= 15 is 0 Å². The van der Waals surface area contributed by atoms with Crippen molar-refractivity contribution in [2.24, 2.45) is 0 Å². The number of carbonyl (C=O) groups excluding carboxylic acids is 1. The molecule has 1 amide bonds. The molecule has 2 rings (SSSR count). The highest BCUT2D eigenvalue weighted by atomic mass is 19.1. The van der Waals surface area contributed by atoms with Crippen molar-refractivity contribution in [2.45, 2.75) is 39.1 Å². The molecule has 0 unspecified atom stereocenters. The molecule has 110 valence electrons. The summed E-state index contributed by atoms with van der Waals surface area (Å²) in [6.45, 7) is 5.31. The van der Waals surface area contributed by atoms with Crippen LogP contribution in [0.5, 0.6) is 5.75 Å². The summed E-state index contributed by atoms with van der Waals surface area (Å²) in [7, 11) is 1.68. The van der Waals surface area contributed by atoms with Crippen molar-refractivity contribution in [1.29, 1.82) is 0 Å². The van der Waals surface area contributed by atoms with Crippen molar-refractivity contribution in [3.05, 3.63) is 29.3 Å². The first kappa shape index (κ1) is 14.6. The Bertz CT molecular complexity index is 510. The first-order chi connectivity index (χ1) is 9.31. The zero-order valence-corrected chi connectivity index (χ0v) is 12.3. The highest BCUT2D eigenvalue weighted by Crippen LogP contribution is 2.36. The maximum Gasteiger partial charge on any atom is 0.410 e. The third-order valence-corrected chi connectivity index (χ3v) is 3.14. The largest absolute Gasteiger partial charge is 0.491 e. The molecule has 0 bridgehead atoms. The summed E-state index contributed by atoms with van der Waals surface area (Å²) >= 11 is 0. The fraction of sp³-hybridized carbons (Fsp3) is 0.533. The Hall–Kier alpha value is -1.78. The second-order valence-corrected chi connectivity index (χ2v) is 5.92. The number of alkyl halides is 1. The minimum atomic E-state index is -0.536. The van der Waals surface area contributed by atoms with E-state index in [1.54, 1.807) is 19.2 Å². The number of likely N-dealkylation sites (N-methyl/N-ethyl adjacent to an activating group) is 1. The summed E-state index contributed by atoms with van der Waals surface area (Å²) < 4.78 is 23.5. The predicted molar refractivity (Wildman–Crippen MR) is 73.5 cm³/mol. The highest BCUT2D eigenvalue weighted by molar-refractivity contribution is 5.69. The summed E-state index contributed by atoms with van der Waals surface area (Å²) in [5.74, 6) is 0.639. The maximum atomic E-state index is 12.6. The Labute approximate surface area is 118 Å². The van der Waals surface area contributed by atoms with Gasteiger partial charge in [0.15, 0.2) is 0 Å². The van der Waals surface area contributed by atoms with Gasteiger partial charge in [-0.25, -0.2) is 9.18 Å². The SMILES string of the molecule is CN(C(=O)OC(C)(C)C)[C@@H]1COc2cc(CF)ccc21. The van der Waals surface area contributed by atoms with Gasteiger partial charge in [-0.2, -0.15) is 0 Å². The van der Waals surface area contributed by atoms with Gasteiger partial charge in [0.2, 0.25) is 0 Å². The van der Waals surface area contributed by atoms with Crippen molar-refractivity contribution >= 4 is 6.09 Å². The molecule has 0 aliphatic carbocycles. The van der Waals surface area contributed by atoms with Crippen molar-refractivity contribution < 1.29 is 18.7 Å². The van der Waals surface area contributed by atoms with Crippen LogP contribution in [0.3, 0.4) is 0 Å². The molecular formula is C15H20FNO3. The summed E-state index contributed by atoms with van der Waals surface area (Å²) in [5, 5.41) is 0. The first-order valence-corrected chi connectivity index (χ1v) is 6.59. The van der Waals surface area contributed by atoms with Gasteiger partial charge in [-0.1, -0.05) is 12.1 Å². The van der Waals surface area contributed by atoms with E-state index in [1.807, 2.05) is 26.8 Å². The molecular weight excluding hydrogens is 261 g/mol. The van der Waals surface area contributed by atoms with E-state index in [2.05, 4.69) is 0 Å². The minimum Gasteiger partial charge on any atom is -0.491 e. The van der Waals surface area contributed by atoms with Crippen molar-refractivity contribution in [2.75, 3.05) is 13.7 Å². The molecule has 1 aromatic rings. The predicted octanol–water partition coefficient (Wildman–Crippen LogP) is 3.46. The Morgan fingerprint density at radius 3 is 2.80 bits per heavy atom.